The van der Waals surface area contributed by atoms with Gasteiger partial charge in [-0.25, -0.2) is 4.79 Å². The number of amides is 1. The van der Waals surface area contributed by atoms with Crippen LogP contribution in [0.3, 0.4) is 0 Å². The first-order valence-corrected chi connectivity index (χ1v) is 7.64. The van der Waals surface area contributed by atoms with Crippen molar-refractivity contribution in [1.29, 1.82) is 0 Å². The predicted octanol–water partition coefficient (Wildman–Crippen LogP) is 3.51. The van der Waals surface area contributed by atoms with Gasteiger partial charge in [0.1, 0.15) is 6.04 Å². The van der Waals surface area contributed by atoms with Gasteiger partial charge in [0, 0.05) is 11.4 Å². The molecule has 0 saturated carbocycles. The molecule has 2 aromatic carbocycles. The van der Waals surface area contributed by atoms with Crippen molar-refractivity contribution in [3.05, 3.63) is 69.7 Å². The summed E-state index contributed by atoms with van der Waals surface area (Å²) in [5.74, 6) is -0.981. The van der Waals surface area contributed by atoms with E-state index in [1.165, 1.54) is 19.2 Å². The Morgan fingerprint density at radius 1 is 1.13 bits per heavy atom. The molecule has 0 aliphatic heterocycles. The second kappa shape index (κ2) is 7.99. The third-order valence-corrected chi connectivity index (χ3v) is 3.80. The number of methoxy groups -OCH3 is 1. The van der Waals surface area contributed by atoms with E-state index >= 15 is 0 Å². The van der Waals surface area contributed by atoms with Crippen LogP contribution in [0.5, 0.6) is 0 Å². The molecule has 1 atom stereocenters. The zero-order chi connectivity index (χ0) is 16.8. The van der Waals surface area contributed by atoms with Crippen LogP contribution in [0.15, 0.2) is 48.5 Å². The highest BCUT2D eigenvalue weighted by Gasteiger charge is 2.23. The molecular formula is C17H15Cl2NO3. The molecule has 6 heteroatoms. The fraction of sp³-hybridized carbons (Fsp3) is 0.176. The number of hydrogen-bond donors (Lipinski definition) is 1. The Labute approximate surface area is 144 Å². The summed E-state index contributed by atoms with van der Waals surface area (Å²) in [7, 11) is 1.28. The SMILES string of the molecule is COC(=O)C(Cc1ccccc1)NC(=O)c1ccc(Cl)cc1Cl. The van der Waals surface area contributed by atoms with E-state index in [0.29, 0.717) is 11.4 Å². The number of nitrogens with one attached hydrogen (secondary N) is 1. The van der Waals surface area contributed by atoms with Gasteiger partial charge in [-0.3, -0.25) is 4.79 Å². The Balaban J connectivity index is 2.17. The molecule has 0 aromatic heterocycles. The van der Waals surface area contributed by atoms with Gasteiger partial charge in [-0.1, -0.05) is 53.5 Å². The lowest BCUT2D eigenvalue weighted by Crippen LogP contribution is -2.43. The molecule has 0 aliphatic carbocycles. The average Bonchev–Trinajstić information content (AvgIpc) is 2.54. The lowest BCUT2D eigenvalue weighted by molar-refractivity contribution is -0.142. The monoisotopic (exact) mass is 351 g/mol. The van der Waals surface area contributed by atoms with E-state index < -0.39 is 17.9 Å². The standard InChI is InChI=1S/C17H15Cl2NO3/c1-23-17(22)15(9-11-5-3-2-4-6-11)20-16(21)13-8-7-12(18)10-14(13)19/h2-8,10,15H,9H2,1H3,(H,20,21). The minimum Gasteiger partial charge on any atom is -0.467 e. The number of carbonyl (C=O) groups excluding carboxylic acids is 2. The number of halogens is 2. The van der Waals surface area contributed by atoms with Crippen molar-refractivity contribution in [2.45, 2.75) is 12.5 Å². The predicted molar refractivity (Wildman–Crippen MR) is 89.9 cm³/mol. The highest BCUT2D eigenvalue weighted by molar-refractivity contribution is 6.36. The van der Waals surface area contributed by atoms with Gasteiger partial charge in [-0.15, -0.1) is 0 Å². The smallest absolute Gasteiger partial charge is 0.328 e. The Bertz CT molecular complexity index is 704. The summed E-state index contributed by atoms with van der Waals surface area (Å²) in [4.78, 5) is 24.3. The van der Waals surface area contributed by atoms with Crippen LogP contribution in [0, 0.1) is 0 Å². The van der Waals surface area contributed by atoms with Gasteiger partial charge < -0.3 is 10.1 Å². The van der Waals surface area contributed by atoms with Gasteiger partial charge in [0.05, 0.1) is 17.7 Å². The molecule has 0 radical (unpaired) electrons. The number of benzene rings is 2. The molecule has 4 nitrogen and oxygen atoms in total. The van der Waals surface area contributed by atoms with Gasteiger partial charge >= 0.3 is 5.97 Å². The molecule has 23 heavy (non-hydrogen) atoms. The maximum atomic E-state index is 12.4. The van der Waals surface area contributed by atoms with Crippen LogP contribution in [0.2, 0.25) is 10.0 Å². The van der Waals surface area contributed by atoms with E-state index in [1.54, 1.807) is 6.07 Å². The summed E-state index contributed by atoms with van der Waals surface area (Å²) < 4.78 is 4.76. The van der Waals surface area contributed by atoms with E-state index in [1.807, 2.05) is 30.3 Å². The zero-order valence-corrected chi connectivity index (χ0v) is 13.9. The molecule has 0 spiro atoms. The Morgan fingerprint density at radius 3 is 2.43 bits per heavy atom. The van der Waals surface area contributed by atoms with E-state index in [9.17, 15) is 9.59 Å². The Morgan fingerprint density at radius 2 is 1.83 bits per heavy atom. The number of carbonyl (C=O) groups is 2. The van der Waals surface area contributed by atoms with Crippen LogP contribution in [-0.4, -0.2) is 25.0 Å². The van der Waals surface area contributed by atoms with Crippen molar-refractivity contribution in [3.8, 4) is 0 Å². The summed E-state index contributed by atoms with van der Waals surface area (Å²) in [6.45, 7) is 0. The van der Waals surface area contributed by atoms with Crippen LogP contribution >= 0.6 is 23.2 Å². The maximum Gasteiger partial charge on any atom is 0.328 e. The third kappa shape index (κ3) is 4.71. The van der Waals surface area contributed by atoms with Crippen molar-refractivity contribution in [2.24, 2.45) is 0 Å². The first-order valence-electron chi connectivity index (χ1n) is 6.89. The van der Waals surface area contributed by atoms with Crippen LogP contribution in [0.25, 0.3) is 0 Å². The van der Waals surface area contributed by atoms with Crippen LogP contribution in [-0.2, 0) is 16.0 Å². The number of rotatable bonds is 5. The second-order valence-electron chi connectivity index (χ2n) is 4.86. The number of esters is 1. The van der Waals surface area contributed by atoms with Crippen LogP contribution < -0.4 is 5.32 Å². The molecule has 120 valence electrons. The quantitative estimate of drug-likeness (QED) is 0.838. The largest absolute Gasteiger partial charge is 0.467 e. The van der Waals surface area contributed by atoms with Crippen molar-refractivity contribution >= 4 is 35.1 Å². The Kier molecular flexibility index (Phi) is 6.02. The summed E-state index contributed by atoms with van der Waals surface area (Å²) >= 11 is 11.8. The molecule has 0 heterocycles. The summed E-state index contributed by atoms with van der Waals surface area (Å²) in [5, 5.41) is 3.30. The first-order chi connectivity index (χ1) is 11.0. The average molecular weight is 352 g/mol. The molecule has 2 aromatic rings. The molecule has 0 fully saturated rings. The molecule has 1 unspecified atom stereocenters. The lowest BCUT2D eigenvalue weighted by Gasteiger charge is -2.17. The molecule has 0 aliphatic rings. The molecule has 1 amide bonds. The van der Waals surface area contributed by atoms with Gasteiger partial charge in [-0.2, -0.15) is 0 Å². The second-order valence-corrected chi connectivity index (χ2v) is 5.71. The summed E-state index contributed by atoms with van der Waals surface area (Å²) in [6, 6.07) is 13.1. The van der Waals surface area contributed by atoms with Crippen LogP contribution in [0.4, 0.5) is 0 Å². The minimum atomic E-state index is -0.804. The molecule has 2 rings (SSSR count). The maximum absolute atomic E-state index is 12.4. The van der Waals surface area contributed by atoms with E-state index in [2.05, 4.69) is 5.32 Å². The van der Waals surface area contributed by atoms with Gasteiger partial charge in [0.15, 0.2) is 0 Å². The summed E-state index contributed by atoms with van der Waals surface area (Å²) in [5.41, 5.74) is 1.16. The van der Waals surface area contributed by atoms with Gasteiger partial charge in [0.2, 0.25) is 0 Å². The fourth-order valence-electron chi connectivity index (χ4n) is 2.09. The number of hydrogen-bond acceptors (Lipinski definition) is 3. The molecule has 1 N–H and O–H groups in total. The van der Waals surface area contributed by atoms with Crippen LogP contribution in [0.1, 0.15) is 15.9 Å². The summed E-state index contributed by atoms with van der Waals surface area (Å²) in [6.07, 6.45) is 0.324. The molecule has 0 saturated heterocycles. The fourth-order valence-corrected chi connectivity index (χ4v) is 2.59. The molecular weight excluding hydrogens is 337 g/mol. The van der Waals surface area contributed by atoms with Gasteiger partial charge in [-0.05, 0) is 23.8 Å². The molecule has 0 bridgehead atoms. The van der Waals surface area contributed by atoms with E-state index in [-0.39, 0.29) is 10.6 Å². The highest BCUT2D eigenvalue weighted by Crippen LogP contribution is 2.21. The van der Waals surface area contributed by atoms with Gasteiger partial charge in [0.25, 0.3) is 5.91 Å². The van der Waals surface area contributed by atoms with Crippen molar-refractivity contribution < 1.29 is 14.3 Å². The lowest BCUT2D eigenvalue weighted by atomic mass is 10.1. The zero-order valence-electron chi connectivity index (χ0n) is 12.4. The van der Waals surface area contributed by atoms with Crippen molar-refractivity contribution in [3.63, 3.8) is 0 Å². The van der Waals surface area contributed by atoms with E-state index in [0.717, 1.165) is 5.56 Å². The minimum absolute atomic E-state index is 0.221. The van der Waals surface area contributed by atoms with Crippen molar-refractivity contribution in [1.82, 2.24) is 5.32 Å². The van der Waals surface area contributed by atoms with Crippen molar-refractivity contribution in [2.75, 3.05) is 7.11 Å². The Hall–Kier alpha value is -2.04. The highest BCUT2D eigenvalue weighted by atomic mass is 35.5. The topological polar surface area (TPSA) is 55.4 Å². The number of ether oxygens (including phenoxy) is 1. The normalized spacial score (nSPS) is 11.6. The third-order valence-electron chi connectivity index (χ3n) is 3.25. The van der Waals surface area contributed by atoms with E-state index in [4.69, 9.17) is 27.9 Å². The first kappa shape index (κ1) is 17.3.